The first-order valence-corrected chi connectivity index (χ1v) is 13.0. The maximum atomic E-state index is 11.4. The average molecular weight is 472 g/mol. The van der Waals surface area contributed by atoms with Crippen molar-refractivity contribution in [2.75, 3.05) is 5.75 Å². The second kappa shape index (κ2) is 10.1. The van der Waals surface area contributed by atoms with Gasteiger partial charge in [0, 0.05) is 17.0 Å². The van der Waals surface area contributed by atoms with Gasteiger partial charge in [0.1, 0.15) is 12.4 Å². The third-order valence-corrected chi connectivity index (χ3v) is 8.15. The molecule has 1 aliphatic heterocycles. The number of carbonyl (C=O) groups is 1. The molecule has 0 amide bonds. The molecule has 1 N–H and O–H groups in total. The molecule has 1 aromatic heterocycles. The molecule has 0 spiro atoms. The number of thioether (sulfide) groups is 1. The Labute approximate surface area is 205 Å². The monoisotopic (exact) mass is 471 g/mol. The van der Waals surface area contributed by atoms with Crippen molar-refractivity contribution in [3.8, 4) is 5.75 Å². The number of ether oxygens (including phenoxy) is 1. The number of carboxylic acids is 1. The van der Waals surface area contributed by atoms with E-state index in [1.54, 1.807) is 18.7 Å². The molecule has 34 heavy (non-hydrogen) atoms. The van der Waals surface area contributed by atoms with Gasteiger partial charge in [-0.3, -0.25) is 9.78 Å². The van der Waals surface area contributed by atoms with Crippen LogP contribution in [0, 0.1) is 5.92 Å². The molecule has 2 atom stereocenters. The van der Waals surface area contributed by atoms with Gasteiger partial charge in [-0.25, -0.2) is 0 Å². The number of aliphatic carboxylic acids is 1. The molecule has 5 rings (SSSR count). The molecule has 2 unspecified atom stereocenters. The lowest BCUT2D eigenvalue weighted by atomic mass is 9.96. The molecule has 3 aromatic rings. The van der Waals surface area contributed by atoms with Gasteiger partial charge in [-0.05, 0) is 72.2 Å². The van der Waals surface area contributed by atoms with E-state index in [-0.39, 0.29) is 5.25 Å². The lowest BCUT2D eigenvalue weighted by molar-refractivity contribution is -0.140. The zero-order valence-electron chi connectivity index (χ0n) is 19.4. The number of pyridine rings is 1. The number of nitrogens with zero attached hydrogens (tertiary/aromatic N) is 1. The van der Waals surface area contributed by atoms with Crippen LogP contribution >= 0.6 is 11.8 Å². The zero-order valence-corrected chi connectivity index (χ0v) is 20.2. The minimum absolute atomic E-state index is 0.0192. The maximum absolute atomic E-state index is 11.4. The van der Waals surface area contributed by atoms with Crippen molar-refractivity contribution in [2.45, 2.75) is 44.5 Å². The van der Waals surface area contributed by atoms with Crippen molar-refractivity contribution < 1.29 is 14.6 Å². The molecular weight excluding hydrogens is 442 g/mol. The van der Waals surface area contributed by atoms with Gasteiger partial charge in [-0.15, -0.1) is 11.8 Å². The highest BCUT2D eigenvalue weighted by Crippen LogP contribution is 2.45. The number of carboxylic acid groups (broad SMARTS) is 1. The molecule has 0 saturated carbocycles. The van der Waals surface area contributed by atoms with Crippen LogP contribution in [0.25, 0.3) is 12.2 Å². The summed E-state index contributed by atoms with van der Waals surface area (Å²) in [7, 11) is 0. The lowest BCUT2D eigenvalue weighted by Gasteiger charge is -2.20. The van der Waals surface area contributed by atoms with Gasteiger partial charge in [-0.1, -0.05) is 49.4 Å². The van der Waals surface area contributed by atoms with E-state index in [1.807, 2.05) is 18.2 Å². The number of benzene rings is 2. The minimum atomic E-state index is -0.764. The summed E-state index contributed by atoms with van der Waals surface area (Å²) in [6.45, 7) is 2.28. The Bertz CT molecular complexity index is 1240. The molecule has 1 aliphatic carbocycles. The van der Waals surface area contributed by atoms with Crippen LogP contribution in [0.5, 0.6) is 5.75 Å². The molecule has 0 radical (unpaired) electrons. The van der Waals surface area contributed by atoms with Gasteiger partial charge in [-0.2, -0.15) is 0 Å². The summed E-state index contributed by atoms with van der Waals surface area (Å²) in [5, 5.41) is 9.42. The molecule has 0 bridgehead atoms. The van der Waals surface area contributed by atoms with E-state index in [9.17, 15) is 9.90 Å². The van der Waals surface area contributed by atoms with Crippen LogP contribution in [0.2, 0.25) is 0 Å². The van der Waals surface area contributed by atoms with Crippen molar-refractivity contribution in [3.05, 3.63) is 93.8 Å². The van der Waals surface area contributed by atoms with Crippen LogP contribution in [-0.2, 0) is 24.2 Å². The van der Waals surface area contributed by atoms with Crippen LogP contribution in [0.4, 0.5) is 0 Å². The third-order valence-electron chi connectivity index (χ3n) is 6.62. The Morgan fingerprint density at radius 2 is 1.94 bits per heavy atom. The van der Waals surface area contributed by atoms with Crippen molar-refractivity contribution >= 4 is 29.9 Å². The van der Waals surface area contributed by atoms with Crippen LogP contribution in [0.1, 0.15) is 64.2 Å². The van der Waals surface area contributed by atoms with Crippen molar-refractivity contribution in [3.63, 3.8) is 0 Å². The number of fused-ring (bicyclic) bond motifs is 3. The number of aromatic nitrogens is 1. The van der Waals surface area contributed by atoms with Gasteiger partial charge in [0.15, 0.2) is 0 Å². The molecule has 0 saturated heterocycles. The van der Waals surface area contributed by atoms with E-state index in [2.05, 4.69) is 48.6 Å². The van der Waals surface area contributed by atoms with E-state index in [0.29, 0.717) is 12.4 Å². The molecule has 5 heteroatoms. The zero-order chi connectivity index (χ0) is 23.5. The highest BCUT2D eigenvalue weighted by Gasteiger charge is 2.26. The lowest BCUT2D eigenvalue weighted by Crippen LogP contribution is -2.13. The van der Waals surface area contributed by atoms with Gasteiger partial charge in [0.2, 0.25) is 0 Å². The highest BCUT2D eigenvalue weighted by molar-refractivity contribution is 7.99. The summed E-state index contributed by atoms with van der Waals surface area (Å²) in [6.07, 6.45) is 8.87. The Morgan fingerprint density at radius 3 is 2.82 bits per heavy atom. The second-order valence-electron chi connectivity index (χ2n) is 9.12. The fourth-order valence-electron chi connectivity index (χ4n) is 4.62. The largest absolute Gasteiger partial charge is 0.489 e. The van der Waals surface area contributed by atoms with E-state index < -0.39 is 11.9 Å². The predicted molar refractivity (Wildman–Crippen MR) is 138 cm³/mol. The molecule has 0 fully saturated rings. The van der Waals surface area contributed by atoms with E-state index in [0.717, 1.165) is 41.0 Å². The van der Waals surface area contributed by atoms with Gasteiger partial charge in [0.05, 0.1) is 16.9 Å². The van der Waals surface area contributed by atoms with Crippen molar-refractivity contribution in [2.24, 2.45) is 5.92 Å². The summed E-state index contributed by atoms with van der Waals surface area (Å²) >= 11 is 1.67. The second-order valence-corrected chi connectivity index (χ2v) is 10.3. The Balaban J connectivity index is 1.46. The van der Waals surface area contributed by atoms with Crippen molar-refractivity contribution in [1.29, 1.82) is 0 Å². The van der Waals surface area contributed by atoms with E-state index in [4.69, 9.17) is 9.72 Å². The topological polar surface area (TPSA) is 59.4 Å². The van der Waals surface area contributed by atoms with Crippen LogP contribution in [-0.4, -0.2) is 21.8 Å². The molecule has 4 nitrogen and oxygen atoms in total. The number of aryl methyl sites for hydroxylation is 2. The van der Waals surface area contributed by atoms with E-state index >= 15 is 0 Å². The first kappa shape index (κ1) is 22.7. The van der Waals surface area contributed by atoms with Gasteiger partial charge < -0.3 is 9.84 Å². The molecule has 2 heterocycles. The van der Waals surface area contributed by atoms with Crippen LogP contribution < -0.4 is 4.74 Å². The molecule has 2 aliphatic rings. The summed E-state index contributed by atoms with van der Waals surface area (Å²) in [4.78, 5) is 16.3. The Morgan fingerprint density at radius 1 is 1.09 bits per heavy atom. The minimum Gasteiger partial charge on any atom is -0.489 e. The highest BCUT2D eigenvalue weighted by atomic mass is 32.2. The standard InChI is InChI=1S/C29H29NO3S/c1-19(29(31)32)18-34-28-24-8-4-2-7-22(24)17-33-27-15-11-20(16-25(27)28)10-13-23-14-12-21-6-3-5-9-26(21)30-23/h2,4,7-8,10-16,19,28H,3,5-6,9,17-18H2,1H3,(H,31,32)/b13-10+. The van der Waals surface area contributed by atoms with Crippen LogP contribution in [0.3, 0.4) is 0 Å². The summed E-state index contributed by atoms with van der Waals surface area (Å²) < 4.78 is 6.17. The Kier molecular flexibility index (Phi) is 6.73. The van der Waals surface area contributed by atoms with E-state index in [1.165, 1.54) is 29.7 Å². The molecule has 174 valence electrons. The summed E-state index contributed by atoms with van der Waals surface area (Å²) in [5.41, 5.74) is 8.13. The number of hydrogen-bond donors (Lipinski definition) is 1. The SMILES string of the molecule is CC(CSC1c2ccccc2COc2ccc(/C=C/c3ccc4c(n3)CCCC4)cc21)C(=O)O. The maximum Gasteiger partial charge on any atom is 0.307 e. The molecule has 2 aromatic carbocycles. The quantitative estimate of drug-likeness (QED) is 0.441. The number of rotatable bonds is 6. The normalized spacial score (nSPS) is 17.7. The molecular formula is C29H29NO3S. The average Bonchev–Trinajstić information content (AvgIpc) is 3.02. The summed E-state index contributed by atoms with van der Waals surface area (Å²) in [5.74, 6) is 0.219. The first-order chi connectivity index (χ1) is 16.6. The first-order valence-electron chi connectivity index (χ1n) is 11.9. The van der Waals surface area contributed by atoms with Crippen molar-refractivity contribution in [1.82, 2.24) is 4.98 Å². The smallest absolute Gasteiger partial charge is 0.307 e. The fraction of sp³-hybridized carbons (Fsp3) is 0.310. The van der Waals surface area contributed by atoms with Gasteiger partial charge >= 0.3 is 5.97 Å². The third kappa shape index (κ3) is 4.90. The summed E-state index contributed by atoms with van der Waals surface area (Å²) in [6, 6.07) is 18.9. The van der Waals surface area contributed by atoms with Gasteiger partial charge in [0.25, 0.3) is 0 Å². The van der Waals surface area contributed by atoms with Crippen LogP contribution in [0.15, 0.2) is 54.6 Å². The predicted octanol–water partition coefficient (Wildman–Crippen LogP) is 6.57. The Hall–Kier alpha value is -3.05. The number of hydrogen-bond acceptors (Lipinski definition) is 4. The fourth-order valence-corrected chi connectivity index (χ4v) is 6.01.